The number of aromatic nitrogens is 1. The van der Waals surface area contributed by atoms with Crippen LogP contribution in [-0.2, 0) is 9.53 Å². The number of hydrogen-bond donors (Lipinski definition) is 2. The number of ether oxygens (including phenoxy) is 2. The monoisotopic (exact) mass is 472 g/mol. The number of nitrogens with one attached hydrogen (secondary N) is 2. The zero-order valence-corrected chi connectivity index (χ0v) is 19.5. The van der Waals surface area contributed by atoms with Crippen molar-refractivity contribution >= 4 is 29.2 Å². The third-order valence-corrected chi connectivity index (χ3v) is 6.75. The van der Waals surface area contributed by atoms with Crippen LogP contribution >= 0.6 is 11.6 Å². The fourth-order valence-corrected chi connectivity index (χ4v) is 4.57. The van der Waals surface area contributed by atoms with Gasteiger partial charge in [0.05, 0.1) is 19.4 Å². The summed E-state index contributed by atoms with van der Waals surface area (Å²) in [6, 6.07) is 10.2. The molecule has 1 aromatic heterocycles. The molecule has 0 unspecified atom stereocenters. The van der Waals surface area contributed by atoms with Gasteiger partial charge >= 0.3 is 6.03 Å². The van der Waals surface area contributed by atoms with Crippen LogP contribution in [0.5, 0.6) is 5.75 Å². The van der Waals surface area contributed by atoms with Gasteiger partial charge in [0.1, 0.15) is 5.75 Å². The molecule has 9 heteroatoms. The first-order chi connectivity index (χ1) is 16.0. The van der Waals surface area contributed by atoms with Crippen LogP contribution in [0, 0.1) is 5.92 Å². The van der Waals surface area contributed by atoms with Gasteiger partial charge in [-0.25, -0.2) is 4.79 Å². The lowest BCUT2D eigenvalue weighted by molar-refractivity contribution is -0.144. The average molecular weight is 473 g/mol. The summed E-state index contributed by atoms with van der Waals surface area (Å²) in [6.45, 7) is 1.09. The van der Waals surface area contributed by atoms with E-state index < -0.39 is 0 Å². The molecule has 1 aromatic carbocycles. The molecule has 0 spiro atoms. The number of urea groups is 1. The molecule has 2 atom stereocenters. The summed E-state index contributed by atoms with van der Waals surface area (Å²) in [5.74, 6) is 0.693. The topological polar surface area (TPSA) is 92.8 Å². The second kappa shape index (κ2) is 10.4. The highest BCUT2D eigenvalue weighted by molar-refractivity contribution is 6.30. The lowest BCUT2D eigenvalue weighted by Crippen LogP contribution is -2.54. The SMILES string of the molecule is COc1ccc([C@@H]2CN(C(=O)C3CC(OC)C3)CC[C@H]2NC(=O)Nc2ccc(Cl)cc2)nc1. The molecule has 33 heavy (non-hydrogen) atoms. The second-order valence-electron chi connectivity index (χ2n) is 8.54. The van der Waals surface area contributed by atoms with Crippen molar-refractivity contribution in [1.82, 2.24) is 15.2 Å². The predicted molar refractivity (Wildman–Crippen MR) is 126 cm³/mol. The minimum Gasteiger partial charge on any atom is -0.495 e. The van der Waals surface area contributed by atoms with E-state index in [2.05, 4.69) is 15.6 Å². The molecule has 1 saturated heterocycles. The third kappa shape index (κ3) is 5.57. The molecule has 2 N–H and O–H groups in total. The van der Waals surface area contributed by atoms with Gasteiger partial charge in [-0.1, -0.05) is 11.6 Å². The Labute approximate surface area is 198 Å². The minimum absolute atomic E-state index is 0.0112. The Morgan fingerprint density at radius 3 is 2.52 bits per heavy atom. The molecule has 2 aliphatic rings. The first-order valence-electron chi connectivity index (χ1n) is 11.1. The van der Waals surface area contributed by atoms with Gasteiger partial charge in [-0.2, -0.15) is 0 Å². The number of likely N-dealkylation sites (tertiary alicyclic amines) is 1. The highest BCUT2D eigenvalue weighted by Gasteiger charge is 2.40. The Kier molecular flexibility index (Phi) is 7.35. The molecule has 2 heterocycles. The largest absolute Gasteiger partial charge is 0.495 e. The van der Waals surface area contributed by atoms with E-state index in [9.17, 15) is 9.59 Å². The number of methoxy groups -OCH3 is 2. The number of halogens is 1. The Bertz CT molecular complexity index is 963. The maximum Gasteiger partial charge on any atom is 0.319 e. The molecule has 8 nitrogen and oxygen atoms in total. The van der Waals surface area contributed by atoms with Crippen LogP contribution in [0.3, 0.4) is 0 Å². The highest BCUT2D eigenvalue weighted by atomic mass is 35.5. The van der Waals surface area contributed by atoms with Crippen LogP contribution in [0.25, 0.3) is 0 Å². The number of nitrogens with zero attached hydrogens (tertiary/aromatic N) is 2. The van der Waals surface area contributed by atoms with Crippen LogP contribution < -0.4 is 15.4 Å². The molecule has 2 aromatic rings. The minimum atomic E-state index is -0.303. The van der Waals surface area contributed by atoms with E-state index in [-0.39, 0.29) is 35.9 Å². The van der Waals surface area contributed by atoms with Crippen molar-refractivity contribution in [3.63, 3.8) is 0 Å². The summed E-state index contributed by atoms with van der Waals surface area (Å²) < 4.78 is 10.6. The molecular weight excluding hydrogens is 444 g/mol. The van der Waals surface area contributed by atoms with Gasteiger partial charge in [0.2, 0.25) is 5.91 Å². The smallest absolute Gasteiger partial charge is 0.319 e. The Balaban J connectivity index is 1.45. The summed E-state index contributed by atoms with van der Waals surface area (Å²) in [7, 11) is 3.28. The summed E-state index contributed by atoms with van der Waals surface area (Å²) in [6.07, 6.45) is 4.01. The Morgan fingerprint density at radius 2 is 1.88 bits per heavy atom. The molecule has 176 valence electrons. The average Bonchev–Trinajstić information content (AvgIpc) is 2.80. The van der Waals surface area contributed by atoms with Crippen molar-refractivity contribution in [1.29, 1.82) is 0 Å². The number of carbonyl (C=O) groups excluding carboxylic acids is 2. The zero-order valence-electron chi connectivity index (χ0n) is 18.8. The van der Waals surface area contributed by atoms with E-state index in [1.54, 1.807) is 44.7 Å². The van der Waals surface area contributed by atoms with Gasteiger partial charge in [-0.15, -0.1) is 0 Å². The molecule has 1 saturated carbocycles. The number of pyridine rings is 1. The summed E-state index contributed by atoms with van der Waals surface area (Å²) >= 11 is 5.92. The zero-order chi connectivity index (χ0) is 23.4. The van der Waals surface area contributed by atoms with Crippen LogP contribution in [0.1, 0.15) is 30.9 Å². The molecule has 4 rings (SSSR count). The summed E-state index contributed by atoms with van der Waals surface area (Å²) in [4.78, 5) is 32.2. The molecule has 1 aliphatic carbocycles. The van der Waals surface area contributed by atoms with E-state index in [0.29, 0.717) is 36.0 Å². The Morgan fingerprint density at radius 1 is 1.12 bits per heavy atom. The van der Waals surface area contributed by atoms with Crippen molar-refractivity contribution in [2.75, 3.05) is 32.6 Å². The fraction of sp³-hybridized carbons (Fsp3) is 0.458. The van der Waals surface area contributed by atoms with Crippen molar-refractivity contribution in [3.05, 3.63) is 53.3 Å². The van der Waals surface area contributed by atoms with Gasteiger partial charge in [0.15, 0.2) is 0 Å². The molecular formula is C24H29ClN4O4. The first-order valence-corrected chi connectivity index (χ1v) is 11.5. The normalized spacial score (nSPS) is 24.5. The van der Waals surface area contributed by atoms with Crippen molar-refractivity contribution < 1.29 is 19.1 Å². The van der Waals surface area contributed by atoms with Gasteiger partial charge in [0.25, 0.3) is 0 Å². The number of anilines is 1. The van der Waals surface area contributed by atoms with Crippen LogP contribution in [0.4, 0.5) is 10.5 Å². The summed E-state index contributed by atoms with van der Waals surface area (Å²) in [5, 5.41) is 6.53. The van der Waals surface area contributed by atoms with Crippen molar-refractivity contribution in [2.45, 2.75) is 37.3 Å². The maximum atomic E-state index is 13.0. The fourth-order valence-electron chi connectivity index (χ4n) is 4.44. The number of piperidine rings is 1. The first kappa shape index (κ1) is 23.3. The van der Waals surface area contributed by atoms with Crippen molar-refractivity contribution in [3.8, 4) is 5.75 Å². The quantitative estimate of drug-likeness (QED) is 0.669. The summed E-state index contributed by atoms with van der Waals surface area (Å²) in [5.41, 5.74) is 1.47. The molecule has 2 fully saturated rings. The van der Waals surface area contributed by atoms with Gasteiger partial charge in [-0.05, 0) is 55.7 Å². The number of carbonyl (C=O) groups is 2. The lowest BCUT2D eigenvalue weighted by Gasteiger charge is -2.42. The van der Waals surface area contributed by atoms with E-state index in [1.807, 2.05) is 17.0 Å². The van der Waals surface area contributed by atoms with E-state index in [1.165, 1.54) is 0 Å². The van der Waals surface area contributed by atoms with Gasteiger partial charge < -0.3 is 25.0 Å². The lowest BCUT2D eigenvalue weighted by atomic mass is 9.80. The van der Waals surface area contributed by atoms with Gasteiger partial charge in [-0.3, -0.25) is 9.78 Å². The number of benzene rings is 1. The number of amides is 3. The van der Waals surface area contributed by atoms with E-state index in [4.69, 9.17) is 21.1 Å². The van der Waals surface area contributed by atoms with Crippen LogP contribution in [-0.4, -0.2) is 61.3 Å². The van der Waals surface area contributed by atoms with Crippen LogP contribution in [0.15, 0.2) is 42.6 Å². The second-order valence-corrected chi connectivity index (χ2v) is 8.98. The maximum absolute atomic E-state index is 13.0. The standard InChI is InChI=1S/C24H29ClN4O4/c1-32-18-7-8-21(26-13-18)20-14-29(23(30)15-11-19(12-15)33-2)10-9-22(20)28-24(31)27-17-5-3-16(25)4-6-17/h3-8,13,15,19-20,22H,9-12,14H2,1-2H3,(H2,27,28,31)/t15?,19?,20-,22+/m0/s1. The van der Waals surface area contributed by atoms with E-state index >= 15 is 0 Å². The molecule has 1 aliphatic heterocycles. The highest BCUT2D eigenvalue weighted by Crippen LogP contribution is 2.34. The van der Waals surface area contributed by atoms with Gasteiger partial charge in [0, 0.05) is 54.5 Å². The molecule has 0 radical (unpaired) electrons. The Hall–Kier alpha value is -2.84. The van der Waals surface area contributed by atoms with Crippen molar-refractivity contribution in [2.24, 2.45) is 5.92 Å². The third-order valence-electron chi connectivity index (χ3n) is 6.50. The van der Waals surface area contributed by atoms with Crippen LogP contribution in [0.2, 0.25) is 5.02 Å². The number of rotatable bonds is 6. The molecule has 0 bridgehead atoms. The predicted octanol–water partition coefficient (Wildman–Crippen LogP) is 3.67. The van der Waals surface area contributed by atoms with E-state index in [0.717, 1.165) is 18.5 Å². The molecule has 3 amide bonds. The number of hydrogen-bond acceptors (Lipinski definition) is 5.